The number of carbonyl (C=O) groups excluding carboxylic acids is 1. The molecule has 0 aliphatic heterocycles. The molecule has 2 aromatic heterocycles. The summed E-state index contributed by atoms with van der Waals surface area (Å²) < 4.78 is 4.03. The summed E-state index contributed by atoms with van der Waals surface area (Å²) in [5.74, 6) is 0.339. The van der Waals surface area contributed by atoms with Crippen molar-refractivity contribution in [2.45, 2.75) is 6.92 Å². The SMILES string of the molecule is CNc1cc(C(=O)Nc2nc(C)ns2)nc2ccccc12. The Balaban J connectivity index is 1.98. The molecule has 106 valence electrons. The number of carbonyl (C=O) groups is 1. The molecule has 6 nitrogen and oxygen atoms in total. The van der Waals surface area contributed by atoms with Crippen LogP contribution in [0.15, 0.2) is 30.3 Å². The number of aromatic nitrogens is 3. The summed E-state index contributed by atoms with van der Waals surface area (Å²) in [5.41, 5.74) is 1.97. The molecule has 3 aromatic rings. The summed E-state index contributed by atoms with van der Waals surface area (Å²) in [6.45, 7) is 1.78. The molecule has 3 rings (SSSR count). The molecule has 0 fully saturated rings. The Bertz CT molecular complexity index is 814. The molecule has 0 aliphatic carbocycles. The lowest BCUT2D eigenvalue weighted by Gasteiger charge is -2.08. The molecule has 0 unspecified atom stereocenters. The van der Waals surface area contributed by atoms with E-state index in [1.54, 1.807) is 13.0 Å². The minimum atomic E-state index is -0.298. The summed E-state index contributed by atoms with van der Waals surface area (Å²) >= 11 is 1.15. The van der Waals surface area contributed by atoms with Gasteiger partial charge in [0, 0.05) is 29.7 Å². The van der Waals surface area contributed by atoms with E-state index in [0.29, 0.717) is 16.6 Å². The Morgan fingerprint density at radius 3 is 2.76 bits per heavy atom. The van der Waals surface area contributed by atoms with Crippen LogP contribution in [0.1, 0.15) is 16.3 Å². The van der Waals surface area contributed by atoms with Crippen molar-refractivity contribution in [1.82, 2.24) is 14.3 Å². The van der Waals surface area contributed by atoms with Crippen LogP contribution in [-0.4, -0.2) is 27.3 Å². The third-order valence-electron chi connectivity index (χ3n) is 2.97. The highest BCUT2D eigenvalue weighted by Gasteiger charge is 2.13. The number of para-hydroxylation sites is 1. The van der Waals surface area contributed by atoms with E-state index < -0.39 is 0 Å². The third-order valence-corrected chi connectivity index (χ3v) is 3.69. The highest BCUT2D eigenvalue weighted by molar-refractivity contribution is 7.09. The molecule has 0 bridgehead atoms. The molecule has 0 saturated carbocycles. The predicted molar refractivity (Wildman–Crippen MR) is 83.9 cm³/mol. The molecule has 0 saturated heterocycles. The zero-order valence-electron chi connectivity index (χ0n) is 11.5. The maximum absolute atomic E-state index is 12.3. The lowest BCUT2D eigenvalue weighted by Crippen LogP contribution is -2.14. The van der Waals surface area contributed by atoms with Crippen molar-refractivity contribution in [3.63, 3.8) is 0 Å². The van der Waals surface area contributed by atoms with Crippen LogP contribution >= 0.6 is 11.5 Å². The van der Waals surface area contributed by atoms with Gasteiger partial charge in [0.2, 0.25) is 5.13 Å². The fourth-order valence-corrected chi connectivity index (χ4v) is 2.58. The number of nitrogens with zero attached hydrogens (tertiary/aromatic N) is 3. The van der Waals surface area contributed by atoms with Crippen molar-refractivity contribution in [3.05, 3.63) is 41.9 Å². The first-order chi connectivity index (χ1) is 10.2. The highest BCUT2D eigenvalue weighted by Crippen LogP contribution is 2.23. The van der Waals surface area contributed by atoms with E-state index in [0.717, 1.165) is 28.1 Å². The van der Waals surface area contributed by atoms with Crippen LogP contribution in [-0.2, 0) is 0 Å². The average molecular weight is 299 g/mol. The van der Waals surface area contributed by atoms with E-state index in [2.05, 4.69) is 25.0 Å². The van der Waals surface area contributed by atoms with E-state index in [1.165, 1.54) is 0 Å². The maximum Gasteiger partial charge on any atom is 0.276 e. The van der Waals surface area contributed by atoms with Crippen molar-refractivity contribution in [3.8, 4) is 0 Å². The Labute approximate surface area is 125 Å². The van der Waals surface area contributed by atoms with Gasteiger partial charge in [-0.15, -0.1) is 0 Å². The van der Waals surface area contributed by atoms with Gasteiger partial charge in [0.15, 0.2) is 0 Å². The summed E-state index contributed by atoms with van der Waals surface area (Å²) in [6.07, 6.45) is 0. The number of nitrogens with one attached hydrogen (secondary N) is 2. The molecular weight excluding hydrogens is 286 g/mol. The zero-order chi connectivity index (χ0) is 14.8. The number of hydrogen-bond donors (Lipinski definition) is 2. The quantitative estimate of drug-likeness (QED) is 0.777. The summed E-state index contributed by atoms with van der Waals surface area (Å²) in [6, 6.07) is 9.40. The highest BCUT2D eigenvalue weighted by atomic mass is 32.1. The van der Waals surface area contributed by atoms with E-state index in [4.69, 9.17) is 0 Å². The summed E-state index contributed by atoms with van der Waals surface area (Å²) in [4.78, 5) is 20.8. The lowest BCUT2D eigenvalue weighted by atomic mass is 10.1. The van der Waals surface area contributed by atoms with E-state index in [-0.39, 0.29) is 5.91 Å². The minimum absolute atomic E-state index is 0.298. The Kier molecular flexibility index (Phi) is 3.49. The van der Waals surface area contributed by atoms with E-state index in [9.17, 15) is 4.79 Å². The predicted octanol–water partition coefficient (Wildman–Crippen LogP) is 2.69. The van der Waals surface area contributed by atoms with Gasteiger partial charge in [0.05, 0.1) is 5.52 Å². The second kappa shape index (κ2) is 5.45. The molecule has 0 spiro atoms. The van der Waals surface area contributed by atoms with Gasteiger partial charge in [-0.2, -0.15) is 4.37 Å². The van der Waals surface area contributed by atoms with Crippen LogP contribution in [0.2, 0.25) is 0 Å². The molecule has 2 N–H and O–H groups in total. The van der Waals surface area contributed by atoms with Crippen LogP contribution in [0.25, 0.3) is 10.9 Å². The first kappa shape index (κ1) is 13.4. The number of benzene rings is 1. The van der Waals surface area contributed by atoms with Crippen LogP contribution in [0, 0.1) is 6.92 Å². The normalized spacial score (nSPS) is 10.6. The molecule has 1 amide bonds. The smallest absolute Gasteiger partial charge is 0.276 e. The number of aryl methyl sites for hydroxylation is 1. The monoisotopic (exact) mass is 299 g/mol. The number of rotatable bonds is 3. The molecule has 0 aliphatic rings. The molecular formula is C14H13N5OS. The van der Waals surface area contributed by atoms with Crippen LogP contribution < -0.4 is 10.6 Å². The van der Waals surface area contributed by atoms with Crippen molar-refractivity contribution in [2.75, 3.05) is 17.7 Å². The first-order valence-corrected chi connectivity index (χ1v) is 7.14. The lowest BCUT2D eigenvalue weighted by molar-refractivity contribution is 0.102. The van der Waals surface area contributed by atoms with Gasteiger partial charge in [0.1, 0.15) is 11.5 Å². The van der Waals surface area contributed by atoms with Crippen LogP contribution in [0.5, 0.6) is 0 Å². The van der Waals surface area contributed by atoms with E-state index >= 15 is 0 Å². The van der Waals surface area contributed by atoms with Crippen molar-refractivity contribution >= 4 is 39.2 Å². The van der Waals surface area contributed by atoms with Gasteiger partial charge in [0.25, 0.3) is 5.91 Å². The maximum atomic E-state index is 12.3. The molecule has 0 atom stereocenters. The van der Waals surface area contributed by atoms with Gasteiger partial charge < -0.3 is 5.32 Å². The van der Waals surface area contributed by atoms with Gasteiger partial charge in [-0.3, -0.25) is 10.1 Å². The number of pyridine rings is 1. The number of hydrogen-bond acceptors (Lipinski definition) is 6. The molecule has 7 heteroatoms. The Morgan fingerprint density at radius 1 is 1.24 bits per heavy atom. The fraction of sp³-hybridized carbons (Fsp3) is 0.143. The second-order valence-electron chi connectivity index (χ2n) is 4.42. The number of amides is 1. The van der Waals surface area contributed by atoms with Crippen molar-refractivity contribution in [2.24, 2.45) is 0 Å². The molecule has 0 radical (unpaired) electrons. The minimum Gasteiger partial charge on any atom is -0.388 e. The third kappa shape index (κ3) is 2.68. The fourth-order valence-electron chi connectivity index (χ4n) is 2.01. The Morgan fingerprint density at radius 2 is 2.05 bits per heavy atom. The topological polar surface area (TPSA) is 79.8 Å². The molecule has 21 heavy (non-hydrogen) atoms. The number of anilines is 2. The van der Waals surface area contributed by atoms with E-state index in [1.807, 2.05) is 31.3 Å². The zero-order valence-corrected chi connectivity index (χ0v) is 12.4. The molecule has 1 aromatic carbocycles. The molecule has 2 heterocycles. The van der Waals surface area contributed by atoms with Crippen LogP contribution in [0.4, 0.5) is 10.8 Å². The average Bonchev–Trinajstić information content (AvgIpc) is 2.91. The second-order valence-corrected chi connectivity index (χ2v) is 5.17. The van der Waals surface area contributed by atoms with Crippen LogP contribution in [0.3, 0.4) is 0 Å². The standard InChI is InChI=1S/C14H13N5OS/c1-8-16-14(21-19-8)18-13(20)12-7-11(15-2)9-5-3-4-6-10(9)17-12/h3-7H,1-2H3,(H,15,17)(H,16,18,19,20). The number of fused-ring (bicyclic) bond motifs is 1. The summed E-state index contributed by atoms with van der Waals surface area (Å²) in [5, 5.41) is 7.24. The van der Waals surface area contributed by atoms with Gasteiger partial charge in [-0.25, -0.2) is 9.97 Å². The van der Waals surface area contributed by atoms with Gasteiger partial charge in [-0.1, -0.05) is 18.2 Å². The summed E-state index contributed by atoms with van der Waals surface area (Å²) in [7, 11) is 1.82. The Hall–Kier alpha value is -2.54. The van der Waals surface area contributed by atoms with Crippen molar-refractivity contribution in [1.29, 1.82) is 0 Å². The van der Waals surface area contributed by atoms with Gasteiger partial charge in [-0.05, 0) is 19.1 Å². The van der Waals surface area contributed by atoms with Gasteiger partial charge >= 0.3 is 0 Å². The first-order valence-electron chi connectivity index (χ1n) is 6.36. The largest absolute Gasteiger partial charge is 0.388 e. The van der Waals surface area contributed by atoms with Crippen molar-refractivity contribution < 1.29 is 4.79 Å².